The number of amides is 1. The largest absolute Gasteiger partial charge is 0.465 e. The van der Waals surface area contributed by atoms with Crippen molar-refractivity contribution in [2.75, 3.05) is 19.7 Å². The van der Waals surface area contributed by atoms with Crippen molar-refractivity contribution >= 4 is 17.1 Å². The maximum absolute atomic E-state index is 12.4. The highest BCUT2D eigenvalue weighted by molar-refractivity contribution is 7.84. The summed E-state index contributed by atoms with van der Waals surface area (Å²) in [5, 5.41) is 9.07. The van der Waals surface area contributed by atoms with Gasteiger partial charge in [0.2, 0.25) is 0 Å². The standard InChI is InChI=1S/C14H26N2O4S/c1-10-11(15-21(19)13(2,3)4)14(9-20-10)5-7-16(8-6-14)12(17)18/h10-11,15H,5-9H2,1-4H3,(H,17,18)/t10-,11+,21?/m0/s1. The first-order chi connectivity index (χ1) is 9.66. The topological polar surface area (TPSA) is 78.9 Å². The Morgan fingerprint density at radius 1 is 1.38 bits per heavy atom. The van der Waals surface area contributed by atoms with E-state index in [2.05, 4.69) is 4.72 Å². The number of hydrogen-bond acceptors (Lipinski definition) is 3. The molecular formula is C14H26N2O4S. The van der Waals surface area contributed by atoms with Crippen LogP contribution in [0.25, 0.3) is 0 Å². The van der Waals surface area contributed by atoms with Crippen molar-refractivity contribution in [3.63, 3.8) is 0 Å². The number of nitrogens with one attached hydrogen (secondary N) is 1. The third-order valence-corrected chi connectivity index (χ3v) is 6.16. The molecule has 1 spiro atoms. The Balaban J connectivity index is 2.09. The van der Waals surface area contributed by atoms with Crippen molar-refractivity contribution in [2.45, 2.75) is 57.4 Å². The van der Waals surface area contributed by atoms with Gasteiger partial charge in [-0.05, 0) is 40.5 Å². The highest BCUT2D eigenvalue weighted by atomic mass is 32.2. The lowest BCUT2D eigenvalue weighted by Gasteiger charge is -2.42. The second kappa shape index (κ2) is 5.85. The van der Waals surface area contributed by atoms with Crippen molar-refractivity contribution in [2.24, 2.45) is 5.41 Å². The van der Waals surface area contributed by atoms with E-state index in [1.165, 1.54) is 4.90 Å². The molecule has 7 heteroatoms. The number of hydrogen-bond donors (Lipinski definition) is 2. The monoisotopic (exact) mass is 318 g/mol. The molecule has 2 fully saturated rings. The van der Waals surface area contributed by atoms with E-state index in [0.29, 0.717) is 19.7 Å². The van der Waals surface area contributed by atoms with Crippen LogP contribution in [0.3, 0.4) is 0 Å². The number of likely N-dealkylation sites (tertiary alicyclic amines) is 1. The molecular weight excluding hydrogens is 292 g/mol. The minimum Gasteiger partial charge on any atom is -0.465 e. The molecule has 2 heterocycles. The van der Waals surface area contributed by atoms with E-state index < -0.39 is 17.1 Å². The van der Waals surface area contributed by atoms with Crippen LogP contribution in [0.1, 0.15) is 40.5 Å². The van der Waals surface area contributed by atoms with Crippen LogP contribution in [0, 0.1) is 5.41 Å². The average molecular weight is 318 g/mol. The quantitative estimate of drug-likeness (QED) is 0.810. The molecule has 122 valence electrons. The molecule has 2 rings (SSSR count). The average Bonchev–Trinajstić information content (AvgIpc) is 2.68. The maximum Gasteiger partial charge on any atom is 0.407 e. The molecule has 1 unspecified atom stereocenters. The van der Waals surface area contributed by atoms with E-state index in [4.69, 9.17) is 9.84 Å². The summed E-state index contributed by atoms with van der Waals surface area (Å²) in [7, 11) is -1.15. The molecule has 0 aromatic rings. The van der Waals surface area contributed by atoms with Gasteiger partial charge in [-0.15, -0.1) is 0 Å². The zero-order valence-electron chi connectivity index (χ0n) is 13.2. The normalized spacial score (nSPS) is 30.6. The highest BCUT2D eigenvalue weighted by Crippen LogP contribution is 2.42. The van der Waals surface area contributed by atoms with Crippen LogP contribution in [0.2, 0.25) is 0 Å². The van der Waals surface area contributed by atoms with Gasteiger partial charge in [-0.3, -0.25) is 0 Å². The van der Waals surface area contributed by atoms with Gasteiger partial charge in [0.1, 0.15) is 0 Å². The summed E-state index contributed by atoms with van der Waals surface area (Å²) in [5.74, 6) is 0. The molecule has 0 aromatic carbocycles. The SMILES string of the molecule is C[C@@H]1OCC2(CCN(C(=O)O)CC2)[C@@H]1NS(=O)C(C)(C)C. The molecule has 21 heavy (non-hydrogen) atoms. The summed E-state index contributed by atoms with van der Waals surface area (Å²) in [5.41, 5.74) is -0.105. The number of piperidine rings is 1. The van der Waals surface area contributed by atoms with E-state index in [-0.39, 0.29) is 22.3 Å². The van der Waals surface area contributed by atoms with Crippen LogP contribution in [-0.2, 0) is 15.7 Å². The second-order valence-corrected chi connectivity index (χ2v) is 9.12. The van der Waals surface area contributed by atoms with Gasteiger partial charge in [-0.2, -0.15) is 0 Å². The lowest BCUT2D eigenvalue weighted by Crippen LogP contribution is -2.55. The summed E-state index contributed by atoms with van der Waals surface area (Å²) < 4.78 is 21.1. The number of rotatable bonds is 2. The Bertz CT molecular complexity index is 427. The fraction of sp³-hybridized carbons (Fsp3) is 0.929. The summed E-state index contributed by atoms with van der Waals surface area (Å²) in [6.45, 7) is 9.47. The van der Waals surface area contributed by atoms with Gasteiger partial charge in [0.05, 0.1) is 34.5 Å². The van der Waals surface area contributed by atoms with Gasteiger partial charge in [0.15, 0.2) is 0 Å². The maximum atomic E-state index is 12.4. The van der Waals surface area contributed by atoms with Crippen LogP contribution in [0.15, 0.2) is 0 Å². The minimum atomic E-state index is -1.15. The van der Waals surface area contributed by atoms with Crippen LogP contribution >= 0.6 is 0 Å². The molecule has 0 aromatic heterocycles. The first kappa shape index (κ1) is 16.7. The second-order valence-electron chi connectivity index (χ2n) is 7.12. The molecule has 3 atom stereocenters. The summed E-state index contributed by atoms with van der Waals surface area (Å²) in [6.07, 6.45) is 0.637. The molecule has 0 aliphatic carbocycles. The van der Waals surface area contributed by atoms with Gasteiger partial charge in [-0.25, -0.2) is 13.7 Å². The number of nitrogens with zero attached hydrogens (tertiary/aromatic N) is 1. The molecule has 0 radical (unpaired) electrons. The van der Waals surface area contributed by atoms with Gasteiger partial charge in [-0.1, -0.05) is 0 Å². The van der Waals surface area contributed by atoms with Gasteiger partial charge in [0, 0.05) is 18.5 Å². The Morgan fingerprint density at radius 2 is 1.95 bits per heavy atom. The third-order valence-electron chi connectivity index (χ3n) is 4.58. The molecule has 2 N–H and O–H groups in total. The van der Waals surface area contributed by atoms with Crippen molar-refractivity contribution in [1.29, 1.82) is 0 Å². The minimum absolute atomic E-state index is 0.00678. The Labute approximate surface area is 128 Å². The summed E-state index contributed by atoms with van der Waals surface area (Å²) in [6, 6.07) is 0.00787. The van der Waals surface area contributed by atoms with E-state index in [1.807, 2.05) is 27.7 Å². The molecule has 2 saturated heterocycles. The van der Waals surface area contributed by atoms with Gasteiger partial charge >= 0.3 is 6.09 Å². The van der Waals surface area contributed by atoms with E-state index >= 15 is 0 Å². The highest BCUT2D eigenvalue weighted by Gasteiger charge is 2.50. The number of carboxylic acid groups (broad SMARTS) is 1. The van der Waals surface area contributed by atoms with Crippen molar-refractivity contribution < 1.29 is 18.8 Å². The lowest BCUT2D eigenvalue weighted by atomic mass is 9.73. The van der Waals surface area contributed by atoms with E-state index in [1.54, 1.807) is 0 Å². The van der Waals surface area contributed by atoms with Gasteiger partial charge in [0.25, 0.3) is 0 Å². The van der Waals surface area contributed by atoms with Crippen molar-refractivity contribution in [3.05, 3.63) is 0 Å². The Morgan fingerprint density at radius 3 is 2.43 bits per heavy atom. The molecule has 2 aliphatic rings. The zero-order chi connectivity index (χ0) is 15.8. The predicted octanol–water partition coefficient (Wildman–Crippen LogP) is 1.59. The van der Waals surface area contributed by atoms with Crippen molar-refractivity contribution in [3.8, 4) is 0 Å². The summed E-state index contributed by atoms with van der Waals surface area (Å²) >= 11 is 0. The van der Waals surface area contributed by atoms with E-state index in [0.717, 1.165) is 12.8 Å². The molecule has 0 saturated carbocycles. The van der Waals surface area contributed by atoms with Gasteiger partial charge < -0.3 is 14.7 Å². The smallest absolute Gasteiger partial charge is 0.407 e. The summed E-state index contributed by atoms with van der Waals surface area (Å²) in [4.78, 5) is 12.5. The first-order valence-electron chi connectivity index (χ1n) is 7.43. The fourth-order valence-corrected chi connectivity index (χ4v) is 4.12. The first-order valence-corrected chi connectivity index (χ1v) is 8.58. The predicted molar refractivity (Wildman–Crippen MR) is 81.5 cm³/mol. The van der Waals surface area contributed by atoms with E-state index in [9.17, 15) is 9.00 Å². The molecule has 2 aliphatic heterocycles. The lowest BCUT2D eigenvalue weighted by molar-refractivity contribution is 0.0645. The zero-order valence-corrected chi connectivity index (χ0v) is 14.0. The Hall–Kier alpha value is -0.660. The molecule has 6 nitrogen and oxygen atoms in total. The molecule has 0 bridgehead atoms. The van der Waals surface area contributed by atoms with Crippen LogP contribution in [0.5, 0.6) is 0 Å². The third kappa shape index (κ3) is 3.40. The molecule has 1 amide bonds. The van der Waals surface area contributed by atoms with Crippen LogP contribution in [-0.4, -0.2) is 56.9 Å². The van der Waals surface area contributed by atoms with Crippen LogP contribution in [0.4, 0.5) is 4.79 Å². The van der Waals surface area contributed by atoms with Crippen LogP contribution < -0.4 is 4.72 Å². The fourth-order valence-electron chi connectivity index (χ4n) is 3.09. The van der Waals surface area contributed by atoms with Crippen molar-refractivity contribution in [1.82, 2.24) is 9.62 Å². The Kier molecular flexibility index (Phi) is 4.66. The number of carbonyl (C=O) groups is 1. The number of ether oxygens (including phenoxy) is 1.